The minimum Gasteiger partial charge on any atom is -0.461 e. The molecule has 8 nitrogen and oxygen atoms in total. The average Bonchev–Trinajstić information content (AvgIpc) is 2.73. The predicted octanol–water partition coefficient (Wildman–Crippen LogP) is 8.48. The van der Waals surface area contributed by atoms with E-state index in [9.17, 15) is 0 Å². The molecule has 2 atom stereocenters. The van der Waals surface area contributed by atoms with Crippen molar-refractivity contribution in [2.45, 2.75) is 136 Å². The van der Waals surface area contributed by atoms with Crippen LogP contribution in [-0.4, -0.2) is 72.9 Å². The SMILES string of the molecule is C.C.C.C.C.C.CCCCC.CNCC(C)C[Si](C)(C)OC.CNCC(C)C[Si](C)(C)O[SiH2]C.O=C=NN=C=O. The van der Waals surface area contributed by atoms with E-state index in [4.69, 9.17) is 18.1 Å². The van der Waals surface area contributed by atoms with Gasteiger partial charge in [-0.05, 0) is 77.3 Å². The number of hydrogen-bond acceptors (Lipinski definition) is 8. The normalized spacial score (nSPS) is 10.6. The first-order valence-electron chi connectivity index (χ1n) is 12.5. The molecule has 0 aliphatic heterocycles. The first-order valence-corrected chi connectivity index (χ1v) is 20.7. The largest absolute Gasteiger partial charge is 0.461 e. The summed E-state index contributed by atoms with van der Waals surface area (Å²) in [6.07, 6.45) is 6.11. The third-order valence-corrected chi connectivity index (χ3v) is 13.5. The minimum atomic E-state index is -1.32. The molecule has 0 aliphatic rings. The first-order chi connectivity index (χ1) is 15.9. The molecule has 0 aliphatic carbocycles. The lowest BCUT2D eigenvalue weighted by atomic mass is 10.2. The Morgan fingerprint density at radius 2 is 1.07 bits per heavy atom. The highest BCUT2D eigenvalue weighted by Gasteiger charge is 2.24. The molecule has 0 radical (unpaired) electrons. The van der Waals surface area contributed by atoms with E-state index in [-0.39, 0.29) is 54.3 Å². The van der Waals surface area contributed by atoms with E-state index in [1.165, 1.54) is 31.4 Å². The molecule has 0 aromatic rings. The third-order valence-electron chi connectivity index (χ3n) is 4.71. The summed E-state index contributed by atoms with van der Waals surface area (Å²) in [5.74, 6) is 1.50. The smallest absolute Gasteiger partial charge is 0.261 e. The molecule has 2 unspecified atom stereocenters. The van der Waals surface area contributed by atoms with Crippen LogP contribution in [0.1, 0.15) is 91.5 Å². The number of nitrogens with zero attached hydrogens (tertiary/aromatic N) is 2. The molecule has 0 aromatic heterocycles. The van der Waals surface area contributed by atoms with Crippen molar-refractivity contribution in [3.05, 3.63) is 0 Å². The first kappa shape index (κ1) is 67.1. The van der Waals surface area contributed by atoms with Crippen LogP contribution in [-0.2, 0) is 18.1 Å². The van der Waals surface area contributed by atoms with Crippen LogP contribution < -0.4 is 10.6 Å². The van der Waals surface area contributed by atoms with Gasteiger partial charge in [0, 0.05) is 7.11 Å². The maximum atomic E-state index is 9.00. The number of unbranched alkanes of at least 4 members (excludes halogenated alkanes) is 2. The van der Waals surface area contributed by atoms with Crippen molar-refractivity contribution in [3.63, 3.8) is 0 Å². The number of nitrogens with one attached hydrogen (secondary N) is 2. The number of carbonyl (C=O) groups excluding carboxylic acids is 2. The van der Waals surface area contributed by atoms with E-state index < -0.39 is 16.6 Å². The van der Waals surface area contributed by atoms with Crippen molar-refractivity contribution in [2.24, 2.45) is 22.0 Å². The fraction of sp³-hybridized carbons (Fsp3) is 0.931. The van der Waals surface area contributed by atoms with Crippen LogP contribution in [0.5, 0.6) is 0 Å². The van der Waals surface area contributed by atoms with Crippen molar-refractivity contribution in [2.75, 3.05) is 34.3 Å². The molecular formula is C29H80N4O4Si3. The Bertz CT molecular complexity index is 513. The van der Waals surface area contributed by atoms with Gasteiger partial charge in [0.25, 0.3) is 12.2 Å². The molecule has 0 aromatic carbocycles. The van der Waals surface area contributed by atoms with E-state index in [1.54, 1.807) is 0 Å². The standard InChI is InChI=1S/C8H23NOSi2.C8H21NOSi.C5H12.C2N2O2.6CH4/c1-8(6-9-2)7-12(4,5)10-11-3;1-8(6-9-2)7-11(4,5)10-3;1-3-5-4-2;5-1-3-4-2-6;;;;;;/h8-9H,6-7,11H2,1-5H3;8-9H,6-7H2,1-5H3;3-5H2,1-2H3;;6*1H4. The van der Waals surface area contributed by atoms with Crippen molar-refractivity contribution < 1.29 is 18.1 Å². The molecule has 0 bridgehead atoms. The molecule has 40 heavy (non-hydrogen) atoms. The summed E-state index contributed by atoms with van der Waals surface area (Å²) in [6.45, 7) is 22.6. The molecule has 11 heteroatoms. The molecule has 0 amide bonds. The second kappa shape index (κ2) is 48.0. The third kappa shape index (κ3) is 65.9. The van der Waals surface area contributed by atoms with Gasteiger partial charge in [-0.1, -0.05) is 108 Å². The van der Waals surface area contributed by atoms with Crippen molar-refractivity contribution in [1.82, 2.24) is 10.6 Å². The topological polar surface area (TPSA) is 101 Å². The Labute approximate surface area is 259 Å². The maximum absolute atomic E-state index is 9.00. The van der Waals surface area contributed by atoms with Gasteiger partial charge in [-0.15, -0.1) is 0 Å². The Morgan fingerprint density at radius 3 is 1.27 bits per heavy atom. The zero-order chi connectivity index (χ0) is 27.5. The molecule has 0 heterocycles. The minimum absolute atomic E-state index is 0. The monoisotopic (exact) mass is 633 g/mol. The Morgan fingerprint density at radius 1 is 0.750 bits per heavy atom. The van der Waals surface area contributed by atoms with E-state index in [0.29, 0.717) is 0 Å². The molecule has 0 fully saturated rings. The van der Waals surface area contributed by atoms with Crippen molar-refractivity contribution >= 4 is 38.6 Å². The number of rotatable bonds is 14. The van der Waals surface area contributed by atoms with Crippen LogP contribution in [0.25, 0.3) is 0 Å². The molecule has 2 N–H and O–H groups in total. The van der Waals surface area contributed by atoms with Gasteiger partial charge in [-0.25, -0.2) is 9.59 Å². The summed E-state index contributed by atoms with van der Waals surface area (Å²) in [6, 6.07) is 2.53. The van der Waals surface area contributed by atoms with E-state index in [0.717, 1.165) is 37.1 Å². The van der Waals surface area contributed by atoms with Gasteiger partial charge in [0.2, 0.25) is 0 Å². The van der Waals surface area contributed by atoms with Crippen LogP contribution in [0.15, 0.2) is 10.2 Å². The fourth-order valence-corrected chi connectivity index (χ4v) is 10.9. The van der Waals surface area contributed by atoms with Crippen LogP contribution in [0, 0.1) is 11.8 Å². The zero-order valence-corrected chi connectivity index (χ0v) is 27.8. The molecule has 252 valence electrons. The van der Waals surface area contributed by atoms with Gasteiger partial charge in [-0.3, -0.25) is 0 Å². The predicted molar refractivity (Wildman–Crippen MR) is 195 cm³/mol. The molecule has 0 spiro atoms. The highest BCUT2D eigenvalue weighted by Crippen LogP contribution is 2.17. The lowest BCUT2D eigenvalue weighted by molar-refractivity contribution is 0.392. The Kier molecular flexibility index (Phi) is 80.6. The molecule has 0 saturated heterocycles. The zero-order valence-electron chi connectivity index (χ0n) is 24.3. The Balaban J connectivity index is -0.0000000375. The van der Waals surface area contributed by atoms with E-state index >= 15 is 0 Å². The summed E-state index contributed by atoms with van der Waals surface area (Å²) in [4.78, 5) is 18.0. The van der Waals surface area contributed by atoms with E-state index in [1.807, 2.05) is 21.2 Å². The summed E-state index contributed by atoms with van der Waals surface area (Å²) < 4.78 is 11.4. The Hall–Kier alpha value is -0.749. The van der Waals surface area contributed by atoms with Gasteiger partial charge in [0.15, 0.2) is 16.6 Å². The highest BCUT2D eigenvalue weighted by molar-refractivity contribution is 6.75. The van der Waals surface area contributed by atoms with Gasteiger partial charge >= 0.3 is 0 Å². The highest BCUT2D eigenvalue weighted by atomic mass is 28.4. The summed E-state index contributed by atoms with van der Waals surface area (Å²) >= 11 is 0. The molecular weight excluding hydrogens is 553 g/mol. The van der Waals surface area contributed by atoms with Gasteiger partial charge in [0.05, 0.1) is 0 Å². The second-order valence-corrected chi connectivity index (χ2v) is 19.6. The number of hydrogen-bond donors (Lipinski definition) is 2. The van der Waals surface area contributed by atoms with Gasteiger partial charge < -0.3 is 19.2 Å². The molecule has 0 rings (SSSR count). The summed E-state index contributed by atoms with van der Waals surface area (Å²) in [7, 11) is 3.04. The second-order valence-electron chi connectivity index (χ2n) is 9.63. The van der Waals surface area contributed by atoms with Crippen molar-refractivity contribution in [3.8, 4) is 0 Å². The van der Waals surface area contributed by atoms with Crippen LogP contribution in [0.3, 0.4) is 0 Å². The van der Waals surface area contributed by atoms with Gasteiger partial charge in [-0.2, -0.15) is 0 Å². The number of isocyanates is 2. The summed E-state index contributed by atoms with van der Waals surface area (Å²) in [5.41, 5.74) is 0. The van der Waals surface area contributed by atoms with Gasteiger partial charge in [0.1, 0.15) is 9.76 Å². The fourth-order valence-electron chi connectivity index (χ4n) is 3.45. The van der Waals surface area contributed by atoms with Crippen molar-refractivity contribution in [1.29, 1.82) is 0 Å². The summed E-state index contributed by atoms with van der Waals surface area (Å²) in [5, 5.41) is 11.4. The lowest BCUT2D eigenvalue weighted by Gasteiger charge is -2.25. The van der Waals surface area contributed by atoms with Crippen LogP contribution in [0.4, 0.5) is 0 Å². The van der Waals surface area contributed by atoms with Crippen LogP contribution in [0.2, 0.25) is 44.8 Å². The lowest BCUT2D eigenvalue weighted by Crippen LogP contribution is -2.35. The van der Waals surface area contributed by atoms with Crippen LogP contribution >= 0.6 is 0 Å². The van der Waals surface area contributed by atoms with E-state index in [2.05, 4.69) is 81.3 Å². The quantitative estimate of drug-likeness (QED) is 0.0862. The average molecular weight is 633 g/mol. The molecule has 0 saturated carbocycles. The maximum Gasteiger partial charge on any atom is 0.261 e.